The molecule has 1 saturated heterocycles. The lowest BCUT2D eigenvalue weighted by molar-refractivity contribution is -0.167. The number of carbonyl (C=O) groups is 2. The summed E-state index contributed by atoms with van der Waals surface area (Å²) in [7, 11) is 0. The van der Waals surface area contributed by atoms with Crippen molar-refractivity contribution >= 4 is 27.7 Å². The molecule has 1 aliphatic heterocycles. The van der Waals surface area contributed by atoms with E-state index >= 15 is 0 Å². The molecule has 4 nitrogen and oxygen atoms in total. The molecule has 0 saturated carbocycles. The Hall–Kier alpha value is -0.940. The molecule has 0 radical (unpaired) electrons. The Morgan fingerprint density at radius 2 is 2.07 bits per heavy atom. The molecule has 0 aromatic heterocycles. The molecule has 0 N–H and O–H groups in total. The summed E-state index contributed by atoms with van der Waals surface area (Å²) in [5.74, 6) is 0.0428. The summed E-state index contributed by atoms with van der Waals surface area (Å²) < 4.78 is 11.8. The Labute approximate surface area is 172 Å². The maximum atomic E-state index is 12.2. The third-order valence-electron chi connectivity index (χ3n) is 5.24. The second kappa shape index (κ2) is 11.8. The van der Waals surface area contributed by atoms with E-state index in [9.17, 15) is 9.59 Å². The van der Waals surface area contributed by atoms with Gasteiger partial charge in [-0.2, -0.15) is 0 Å². The topological polar surface area (TPSA) is 52.6 Å². The van der Waals surface area contributed by atoms with Crippen LogP contribution in [0.25, 0.3) is 0 Å². The first kappa shape index (κ1) is 24.1. The molecular weight excluding hydrogens is 408 g/mol. The van der Waals surface area contributed by atoms with Gasteiger partial charge in [-0.25, -0.2) is 0 Å². The van der Waals surface area contributed by atoms with Crippen LogP contribution in [0.3, 0.4) is 0 Å². The van der Waals surface area contributed by atoms with Crippen molar-refractivity contribution in [2.75, 3.05) is 11.9 Å². The third kappa shape index (κ3) is 8.73. The SMILES string of the molecule is CC(=O)O[C@@H]1CCC(=CCBr)COC1(C)CCCC(C)C(=O)CC=C(C)C. The lowest BCUT2D eigenvalue weighted by atomic mass is 9.87. The molecule has 154 valence electrons. The van der Waals surface area contributed by atoms with Gasteiger partial charge >= 0.3 is 5.97 Å². The maximum absolute atomic E-state index is 12.2. The monoisotopic (exact) mass is 442 g/mol. The van der Waals surface area contributed by atoms with E-state index in [0.29, 0.717) is 13.0 Å². The minimum Gasteiger partial charge on any atom is -0.459 e. The van der Waals surface area contributed by atoms with Gasteiger partial charge in [0.1, 0.15) is 17.5 Å². The standard InChI is InChI=1S/C22H35BrO4/c1-16(2)8-10-20(25)17(3)7-6-13-22(5)21(27-18(4)24)11-9-19(12-14-23)15-26-22/h8,12,17,21H,6-7,9-11,13-15H2,1-5H3/t17?,21-,22?/m1/s1. The van der Waals surface area contributed by atoms with Crippen molar-refractivity contribution in [2.24, 2.45) is 5.92 Å². The first-order chi connectivity index (χ1) is 12.7. The van der Waals surface area contributed by atoms with Crippen molar-refractivity contribution in [1.82, 2.24) is 0 Å². The normalized spacial score (nSPS) is 25.6. The number of carbonyl (C=O) groups excluding carboxylic acids is 2. The average Bonchev–Trinajstić information content (AvgIpc) is 2.73. The van der Waals surface area contributed by atoms with Gasteiger partial charge in [0.05, 0.1) is 6.61 Å². The van der Waals surface area contributed by atoms with E-state index in [1.54, 1.807) is 0 Å². The average molecular weight is 443 g/mol. The molecule has 0 bridgehead atoms. The highest BCUT2D eigenvalue weighted by Gasteiger charge is 2.39. The molecule has 1 rings (SSSR count). The van der Waals surface area contributed by atoms with Gasteiger partial charge in [-0.15, -0.1) is 0 Å². The Morgan fingerprint density at radius 3 is 2.67 bits per heavy atom. The van der Waals surface area contributed by atoms with E-state index in [1.807, 2.05) is 33.8 Å². The summed E-state index contributed by atoms with van der Waals surface area (Å²) in [5, 5.41) is 0.798. The van der Waals surface area contributed by atoms with E-state index in [-0.39, 0.29) is 23.8 Å². The van der Waals surface area contributed by atoms with Gasteiger partial charge in [0.15, 0.2) is 0 Å². The van der Waals surface area contributed by atoms with Crippen molar-refractivity contribution in [1.29, 1.82) is 0 Å². The van der Waals surface area contributed by atoms with Crippen LogP contribution >= 0.6 is 15.9 Å². The molecule has 27 heavy (non-hydrogen) atoms. The van der Waals surface area contributed by atoms with Gasteiger partial charge in [-0.05, 0) is 58.4 Å². The zero-order valence-corrected chi connectivity index (χ0v) is 19.1. The van der Waals surface area contributed by atoms with Crippen LogP contribution < -0.4 is 0 Å². The highest BCUT2D eigenvalue weighted by atomic mass is 79.9. The van der Waals surface area contributed by atoms with Crippen LogP contribution in [0.4, 0.5) is 0 Å². The van der Waals surface area contributed by atoms with E-state index < -0.39 is 5.60 Å². The molecule has 0 aromatic rings. The molecule has 5 heteroatoms. The minimum absolute atomic E-state index is 0.0333. The lowest BCUT2D eigenvalue weighted by Gasteiger charge is -2.35. The number of halogens is 1. The molecule has 2 unspecified atom stereocenters. The number of hydrogen-bond donors (Lipinski definition) is 0. The molecule has 0 amide bonds. The van der Waals surface area contributed by atoms with E-state index in [0.717, 1.165) is 37.4 Å². The van der Waals surface area contributed by atoms with Gasteiger partial charge in [0.25, 0.3) is 0 Å². The molecular formula is C22H35BrO4. The molecule has 0 spiro atoms. The first-order valence-corrected chi connectivity index (χ1v) is 11.0. The molecule has 0 aromatic carbocycles. The first-order valence-electron chi connectivity index (χ1n) is 9.89. The Bertz CT molecular complexity index is 563. The van der Waals surface area contributed by atoms with Crippen LogP contribution in [0.2, 0.25) is 0 Å². The fraction of sp³-hybridized carbons (Fsp3) is 0.727. The summed E-state index contributed by atoms with van der Waals surface area (Å²) in [6.45, 7) is 10.1. The Balaban J connectivity index is 2.68. The number of alkyl halides is 1. The number of ketones is 1. The number of ether oxygens (including phenoxy) is 2. The van der Waals surface area contributed by atoms with E-state index in [4.69, 9.17) is 9.47 Å². The molecule has 1 fully saturated rings. The van der Waals surface area contributed by atoms with Crippen molar-refractivity contribution < 1.29 is 19.1 Å². The third-order valence-corrected chi connectivity index (χ3v) is 5.57. The summed E-state index contributed by atoms with van der Waals surface area (Å²) in [6.07, 6.45) is 8.47. The smallest absolute Gasteiger partial charge is 0.303 e. The second-order valence-corrected chi connectivity index (χ2v) is 8.65. The van der Waals surface area contributed by atoms with Crippen LogP contribution in [-0.2, 0) is 19.1 Å². The van der Waals surface area contributed by atoms with Crippen molar-refractivity contribution in [2.45, 2.75) is 84.8 Å². The van der Waals surface area contributed by atoms with Crippen molar-refractivity contribution in [3.05, 3.63) is 23.3 Å². The fourth-order valence-corrected chi connectivity index (χ4v) is 3.82. The fourth-order valence-electron chi connectivity index (χ4n) is 3.36. The molecule has 0 aliphatic carbocycles. The summed E-state index contributed by atoms with van der Waals surface area (Å²) >= 11 is 3.43. The van der Waals surface area contributed by atoms with Gasteiger partial charge < -0.3 is 9.47 Å². The van der Waals surface area contributed by atoms with Crippen LogP contribution in [-0.4, -0.2) is 35.4 Å². The number of Topliss-reactive ketones (excluding diaryl/α,β-unsaturated/α-hetero) is 1. The van der Waals surface area contributed by atoms with Gasteiger partial charge in [-0.3, -0.25) is 9.59 Å². The summed E-state index contributed by atoms with van der Waals surface area (Å²) in [4.78, 5) is 23.8. The van der Waals surface area contributed by atoms with E-state index in [2.05, 4.69) is 22.0 Å². The lowest BCUT2D eigenvalue weighted by Crippen LogP contribution is -2.43. The number of allylic oxidation sites excluding steroid dienone is 3. The minimum atomic E-state index is -0.518. The van der Waals surface area contributed by atoms with Crippen molar-refractivity contribution in [3.8, 4) is 0 Å². The van der Waals surface area contributed by atoms with Crippen molar-refractivity contribution in [3.63, 3.8) is 0 Å². The van der Waals surface area contributed by atoms with Gasteiger partial charge in [-0.1, -0.05) is 40.6 Å². The maximum Gasteiger partial charge on any atom is 0.303 e. The van der Waals surface area contributed by atoms with Gasteiger partial charge in [0, 0.05) is 24.6 Å². The highest BCUT2D eigenvalue weighted by Crippen LogP contribution is 2.34. The molecule has 3 atom stereocenters. The largest absolute Gasteiger partial charge is 0.459 e. The number of esters is 1. The predicted molar refractivity (Wildman–Crippen MR) is 113 cm³/mol. The van der Waals surface area contributed by atoms with E-state index in [1.165, 1.54) is 18.1 Å². The predicted octanol–water partition coefficient (Wildman–Crippen LogP) is 5.54. The zero-order chi connectivity index (χ0) is 20.4. The van der Waals surface area contributed by atoms with Crippen LogP contribution in [0.15, 0.2) is 23.3 Å². The number of rotatable bonds is 9. The van der Waals surface area contributed by atoms with Crippen LogP contribution in [0, 0.1) is 5.92 Å². The van der Waals surface area contributed by atoms with Crippen LogP contribution in [0.1, 0.15) is 73.1 Å². The quantitative estimate of drug-likeness (QED) is 0.267. The summed E-state index contributed by atoms with van der Waals surface area (Å²) in [6, 6.07) is 0. The Kier molecular flexibility index (Phi) is 10.5. The Morgan fingerprint density at radius 1 is 1.37 bits per heavy atom. The summed E-state index contributed by atoms with van der Waals surface area (Å²) in [5.41, 5.74) is 1.89. The second-order valence-electron chi connectivity index (χ2n) is 8.00. The van der Waals surface area contributed by atoms with Crippen LogP contribution in [0.5, 0.6) is 0 Å². The molecule has 1 aliphatic rings. The van der Waals surface area contributed by atoms with Gasteiger partial charge in [0.2, 0.25) is 0 Å². The zero-order valence-electron chi connectivity index (χ0n) is 17.5. The molecule has 1 heterocycles. The number of hydrogen-bond acceptors (Lipinski definition) is 4. The highest BCUT2D eigenvalue weighted by molar-refractivity contribution is 9.09.